The van der Waals surface area contributed by atoms with Crippen molar-refractivity contribution in [1.29, 1.82) is 0 Å². The number of hydrogen-bond acceptors (Lipinski definition) is 1. The number of rotatable bonds is 0. The van der Waals surface area contributed by atoms with Gasteiger partial charge < -0.3 is 5.21 Å². The minimum absolute atomic E-state index is 0.325. The third-order valence-corrected chi connectivity index (χ3v) is 1.72. The van der Waals surface area contributed by atoms with Gasteiger partial charge in [0.2, 0.25) is 5.52 Å². The zero-order chi connectivity index (χ0) is 8.55. The Labute approximate surface area is 68.5 Å². The standard InChI is InChI=1S/C9H6FNO/c10-8-3-4-9-7(6-8)2-1-5-11(9)12/h1-6H. The molecule has 0 saturated heterocycles. The second-order valence-corrected chi connectivity index (χ2v) is 2.54. The van der Waals surface area contributed by atoms with E-state index in [0.717, 1.165) is 4.73 Å². The first-order valence-electron chi connectivity index (χ1n) is 3.55. The summed E-state index contributed by atoms with van der Waals surface area (Å²) in [6.45, 7) is 0. The number of halogens is 1. The van der Waals surface area contributed by atoms with E-state index in [1.54, 1.807) is 12.1 Å². The lowest BCUT2D eigenvalue weighted by atomic mass is 10.2. The number of aromatic nitrogens is 1. The number of hydrogen-bond donors (Lipinski definition) is 0. The van der Waals surface area contributed by atoms with Crippen LogP contribution < -0.4 is 4.73 Å². The third-order valence-electron chi connectivity index (χ3n) is 1.72. The van der Waals surface area contributed by atoms with Crippen molar-refractivity contribution in [3.8, 4) is 0 Å². The molecule has 0 radical (unpaired) electrons. The smallest absolute Gasteiger partial charge is 0.223 e. The molecule has 1 heterocycles. The van der Waals surface area contributed by atoms with E-state index in [0.29, 0.717) is 10.9 Å². The Morgan fingerprint density at radius 1 is 1.25 bits per heavy atom. The SMILES string of the molecule is [O-][n+]1cccc2cc(F)ccc21. The summed E-state index contributed by atoms with van der Waals surface area (Å²) in [6, 6.07) is 7.37. The topological polar surface area (TPSA) is 26.9 Å². The largest absolute Gasteiger partial charge is 0.618 e. The van der Waals surface area contributed by atoms with E-state index in [-0.39, 0.29) is 5.82 Å². The molecular formula is C9H6FNO. The fourth-order valence-electron chi connectivity index (χ4n) is 1.16. The van der Waals surface area contributed by atoms with Gasteiger partial charge in [0.05, 0.1) is 5.39 Å². The van der Waals surface area contributed by atoms with Crippen molar-refractivity contribution >= 4 is 10.9 Å². The van der Waals surface area contributed by atoms with Crippen LogP contribution in [0.4, 0.5) is 4.39 Å². The van der Waals surface area contributed by atoms with Gasteiger partial charge in [0.15, 0.2) is 6.20 Å². The van der Waals surface area contributed by atoms with Crippen LogP contribution in [-0.2, 0) is 0 Å². The predicted molar refractivity (Wildman–Crippen MR) is 42.9 cm³/mol. The first-order chi connectivity index (χ1) is 5.77. The minimum Gasteiger partial charge on any atom is -0.618 e. The molecule has 0 bridgehead atoms. The van der Waals surface area contributed by atoms with Crippen molar-refractivity contribution in [3.05, 3.63) is 47.6 Å². The van der Waals surface area contributed by atoms with Crippen LogP contribution in [0.1, 0.15) is 0 Å². The molecule has 1 aromatic carbocycles. The lowest BCUT2D eigenvalue weighted by Gasteiger charge is -1.99. The van der Waals surface area contributed by atoms with Gasteiger partial charge >= 0.3 is 0 Å². The molecule has 0 spiro atoms. The van der Waals surface area contributed by atoms with Crippen molar-refractivity contribution < 1.29 is 9.12 Å². The van der Waals surface area contributed by atoms with Crippen molar-refractivity contribution in [2.75, 3.05) is 0 Å². The second-order valence-electron chi connectivity index (χ2n) is 2.54. The molecule has 0 aliphatic heterocycles. The summed E-state index contributed by atoms with van der Waals surface area (Å²) >= 11 is 0. The van der Waals surface area contributed by atoms with E-state index in [1.807, 2.05) is 0 Å². The monoisotopic (exact) mass is 163 g/mol. The van der Waals surface area contributed by atoms with Crippen LogP contribution in [0.3, 0.4) is 0 Å². The second kappa shape index (κ2) is 2.44. The molecule has 12 heavy (non-hydrogen) atoms. The van der Waals surface area contributed by atoms with Gasteiger partial charge in [0, 0.05) is 12.1 Å². The molecule has 60 valence electrons. The maximum atomic E-state index is 12.7. The highest BCUT2D eigenvalue weighted by molar-refractivity contribution is 5.75. The first kappa shape index (κ1) is 7.03. The Balaban J connectivity index is 2.86. The summed E-state index contributed by atoms with van der Waals surface area (Å²) in [5.41, 5.74) is 0.485. The highest BCUT2D eigenvalue weighted by atomic mass is 19.1. The van der Waals surface area contributed by atoms with Gasteiger partial charge in [0.1, 0.15) is 5.82 Å². The first-order valence-corrected chi connectivity index (χ1v) is 3.55. The van der Waals surface area contributed by atoms with Crippen LogP contribution in [0.2, 0.25) is 0 Å². The summed E-state index contributed by atoms with van der Waals surface area (Å²) in [5, 5.41) is 11.7. The average molecular weight is 163 g/mol. The van der Waals surface area contributed by atoms with E-state index < -0.39 is 0 Å². The van der Waals surface area contributed by atoms with Gasteiger partial charge in [-0.25, -0.2) is 4.39 Å². The van der Waals surface area contributed by atoms with Gasteiger partial charge in [-0.2, -0.15) is 4.73 Å². The molecule has 0 saturated carbocycles. The van der Waals surface area contributed by atoms with Crippen molar-refractivity contribution in [2.24, 2.45) is 0 Å². The number of pyridine rings is 1. The Morgan fingerprint density at radius 2 is 2.08 bits per heavy atom. The quantitative estimate of drug-likeness (QED) is 0.428. The third kappa shape index (κ3) is 0.993. The molecular weight excluding hydrogens is 157 g/mol. The molecule has 0 fully saturated rings. The van der Waals surface area contributed by atoms with E-state index in [1.165, 1.54) is 24.4 Å². The molecule has 0 aliphatic carbocycles. The number of nitrogens with zero attached hydrogens (tertiary/aromatic N) is 1. The van der Waals surface area contributed by atoms with Gasteiger partial charge in [0.25, 0.3) is 0 Å². The molecule has 0 aliphatic rings. The molecule has 0 atom stereocenters. The van der Waals surface area contributed by atoms with Crippen molar-refractivity contribution in [1.82, 2.24) is 0 Å². The van der Waals surface area contributed by atoms with E-state index in [2.05, 4.69) is 0 Å². The molecule has 2 rings (SSSR count). The predicted octanol–water partition coefficient (Wildman–Crippen LogP) is 1.61. The molecule has 2 nitrogen and oxygen atoms in total. The maximum Gasteiger partial charge on any atom is 0.223 e. The van der Waals surface area contributed by atoms with E-state index in [9.17, 15) is 9.60 Å². The van der Waals surface area contributed by atoms with Crippen LogP contribution in [0.5, 0.6) is 0 Å². The number of fused-ring (bicyclic) bond motifs is 1. The van der Waals surface area contributed by atoms with Gasteiger partial charge in [-0.3, -0.25) is 0 Å². The van der Waals surface area contributed by atoms with Crippen molar-refractivity contribution in [3.63, 3.8) is 0 Å². The van der Waals surface area contributed by atoms with Crippen LogP contribution in [-0.4, -0.2) is 0 Å². The Morgan fingerprint density at radius 3 is 2.92 bits per heavy atom. The Hall–Kier alpha value is -1.64. The van der Waals surface area contributed by atoms with Crippen molar-refractivity contribution in [2.45, 2.75) is 0 Å². The van der Waals surface area contributed by atoms with Crippen LogP contribution in [0.15, 0.2) is 36.5 Å². The van der Waals surface area contributed by atoms with Gasteiger partial charge in [-0.05, 0) is 18.2 Å². The normalized spacial score (nSPS) is 10.4. The van der Waals surface area contributed by atoms with Gasteiger partial charge in [-0.15, -0.1) is 0 Å². The van der Waals surface area contributed by atoms with Gasteiger partial charge in [-0.1, -0.05) is 0 Å². The molecule has 0 amide bonds. The van der Waals surface area contributed by atoms with Crippen LogP contribution in [0, 0.1) is 11.0 Å². The number of benzene rings is 1. The molecule has 0 unspecified atom stereocenters. The lowest BCUT2D eigenvalue weighted by Crippen LogP contribution is -2.25. The van der Waals surface area contributed by atoms with E-state index >= 15 is 0 Å². The maximum absolute atomic E-state index is 12.7. The van der Waals surface area contributed by atoms with Crippen LogP contribution in [0.25, 0.3) is 10.9 Å². The summed E-state index contributed by atoms with van der Waals surface area (Å²) < 4.78 is 13.4. The summed E-state index contributed by atoms with van der Waals surface area (Å²) in [6.07, 6.45) is 1.39. The summed E-state index contributed by atoms with van der Waals surface area (Å²) in [4.78, 5) is 0. The fourth-order valence-corrected chi connectivity index (χ4v) is 1.16. The Bertz CT molecular complexity index is 428. The molecule has 2 aromatic rings. The van der Waals surface area contributed by atoms with E-state index in [4.69, 9.17) is 0 Å². The highest BCUT2D eigenvalue weighted by Gasteiger charge is 2.01. The zero-order valence-corrected chi connectivity index (χ0v) is 6.20. The molecule has 3 heteroatoms. The fraction of sp³-hybridized carbons (Fsp3) is 0. The molecule has 0 N–H and O–H groups in total. The Kier molecular flexibility index (Phi) is 1.43. The highest BCUT2D eigenvalue weighted by Crippen LogP contribution is 2.10. The summed E-state index contributed by atoms with van der Waals surface area (Å²) in [7, 11) is 0. The lowest BCUT2D eigenvalue weighted by molar-refractivity contribution is -0.577. The zero-order valence-electron chi connectivity index (χ0n) is 6.20. The minimum atomic E-state index is -0.325. The van der Waals surface area contributed by atoms with Crippen LogP contribution >= 0.6 is 0 Å². The summed E-state index contributed by atoms with van der Waals surface area (Å²) in [5.74, 6) is -0.325. The molecule has 1 aromatic heterocycles. The average Bonchev–Trinajstić information content (AvgIpc) is 2.04.